The highest BCUT2D eigenvalue weighted by Crippen LogP contribution is 2.34. The van der Waals surface area contributed by atoms with Crippen LogP contribution in [0.4, 0.5) is 4.39 Å². The van der Waals surface area contributed by atoms with E-state index >= 15 is 0 Å². The van der Waals surface area contributed by atoms with Gasteiger partial charge in [0.15, 0.2) is 0 Å². The van der Waals surface area contributed by atoms with Gasteiger partial charge in [0.2, 0.25) is 10.0 Å². The molecule has 3 aromatic rings. The number of carboxylic acids is 1. The second-order valence-electron chi connectivity index (χ2n) is 8.33. The van der Waals surface area contributed by atoms with Crippen LogP contribution in [-0.2, 0) is 21.4 Å². The molecule has 2 aromatic carbocycles. The maximum absolute atomic E-state index is 14.6. The molecule has 1 aromatic heterocycles. The van der Waals surface area contributed by atoms with Crippen LogP contribution in [0, 0.1) is 5.82 Å². The first-order valence-corrected chi connectivity index (χ1v) is 12.5. The zero-order valence-corrected chi connectivity index (χ0v) is 20.2. The van der Waals surface area contributed by atoms with Gasteiger partial charge >= 0.3 is 5.97 Å². The van der Waals surface area contributed by atoms with E-state index < -0.39 is 26.7 Å². The predicted molar refractivity (Wildman–Crippen MR) is 128 cm³/mol. The maximum Gasteiger partial charge on any atom is 0.323 e. The molecule has 34 heavy (non-hydrogen) atoms. The molecule has 7 nitrogen and oxygen atoms in total. The van der Waals surface area contributed by atoms with Gasteiger partial charge in [0.25, 0.3) is 0 Å². The minimum atomic E-state index is -4.04. The monoisotopic (exact) mass is 506 g/mol. The molecule has 0 unspecified atom stereocenters. The lowest BCUT2D eigenvalue weighted by Gasteiger charge is -2.26. The molecule has 0 saturated carbocycles. The normalized spacial score (nSPS) is 15.0. The Labute approximate surface area is 202 Å². The van der Waals surface area contributed by atoms with Crippen molar-refractivity contribution in [3.8, 4) is 5.75 Å². The van der Waals surface area contributed by atoms with Gasteiger partial charge in [0.05, 0.1) is 11.6 Å². The van der Waals surface area contributed by atoms with Crippen molar-refractivity contribution >= 4 is 44.1 Å². The number of rotatable bonds is 7. The summed E-state index contributed by atoms with van der Waals surface area (Å²) in [7, 11) is -4.04. The number of nitrogens with zero attached hydrogens (tertiary/aromatic N) is 2. The highest BCUT2D eigenvalue weighted by atomic mass is 35.5. The van der Waals surface area contributed by atoms with E-state index in [-0.39, 0.29) is 31.5 Å². The molecule has 2 heterocycles. The Morgan fingerprint density at radius 1 is 1.24 bits per heavy atom. The highest BCUT2D eigenvalue weighted by molar-refractivity contribution is 7.89. The molecule has 10 heteroatoms. The zero-order valence-electron chi connectivity index (χ0n) is 18.7. The fraction of sp³-hybridized carbons (Fsp3) is 0.292. The standard InChI is InChI=1S/C24H24ClFN2O5S/c1-15(2)33-18-4-6-23(21(26)12-18)34(31,32)28-9-7-16(8-10-28)20-13-27(14-24(29)30)22-11-17(25)3-5-19(20)22/h3-7,11-13,15H,8-10,14H2,1-2H3,(H,29,30). The van der Waals surface area contributed by atoms with Crippen molar-refractivity contribution in [1.29, 1.82) is 0 Å². The van der Waals surface area contributed by atoms with Crippen LogP contribution in [0.15, 0.2) is 53.6 Å². The minimum Gasteiger partial charge on any atom is -0.491 e. The molecule has 1 N–H and O–H groups in total. The molecule has 0 saturated heterocycles. The van der Waals surface area contributed by atoms with Gasteiger partial charge in [0, 0.05) is 41.3 Å². The summed E-state index contributed by atoms with van der Waals surface area (Å²) in [5.74, 6) is -1.57. The lowest BCUT2D eigenvalue weighted by atomic mass is 10.00. The number of aliphatic carboxylic acids is 1. The van der Waals surface area contributed by atoms with Crippen LogP contribution in [0.1, 0.15) is 25.8 Å². The third-order valence-corrected chi connectivity index (χ3v) is 7.69. The fourth-order valence-corrected chi connectivity index (χ4v) is 5.68. The first-order chi connectivity index (χ1) is 16.1. The molecule has 0 fully saturated rings. The lowest BCUT2D eigenvalue weighted by Crippen LogP contribution is -2.35. The number of carboxylic acid groups (broad SMARTS) is 1. The van der Waals surface area contributed by atoms with Gasteiger partial charge in [-0.2, -0.15) is 4.31 Å². The average Bonchev–Trinajstić information content (AvgIpc) is 3.10. The second kappa shape index (κ2) is 9.40. The molecule has 4 rings (SSSR count). The van der Waals surface area contributed by atoms with Gasteiger partial charge in [-0.1, -0.05) is 23.7 Å². The summed E-state index contributed by atoms with van der Waals surface area (Å²) in [6.07, 6.45) is 3.76. The van der Waals surface area contributed by atoms with Crippen LogP contribution in [-0.4, -0.2) is 47.6 Å². The Kier molecular flexibility index (Phi) is 6.71. The van der Waals surface area contributed by atoms with Crippen molar-refractivity contribution in [3.63, 3.8) is 0 Å². The summed E-state index contributed by atoms with van der Waals surface area (Å²) >= 11 is 6.11. The van der Waals surface area contributed by atoms with Gasteiger partial charge in [-0.3, -0.25) is 4.79 Å². The summed E-state index contributed by atoms with van der Waals surface area (Å²) in [4.78, 5) is 10.9. The Hall–Kier alpha value is -2.88. The number of ether oxygens (including phenoxy) is 1. The van der Waals surface area contributed by atoms with Crippen LogP contribution in [0.25, 0.3) is 16.5 Å². The van der Waals surface area contributed by atoms with Crippen LogP contribution >= 0.6 is 11.6 Å². The lowest BCUT2D eigenvalue weighted by molar-refractivity contribution is -0.137. The van der Waals surface area contributed by atoms with Gasteiger partial charge in [-0.05, 0) is 50.1 Å². The third-order valence-electron chi connectivity index (χ3n) is 5.56. The van der Waals surface area contributed by atoms with Crippen molar-refractivity contribution < 1.29 is 27.4 Å². The van der Waals surface area contributed by atoms with E-state index in [4.69, 9.17) is 16.3 Å². The largest absolute Gasteiger partial charge is 0.491 e. The summed E-state index contributed by atoms with van der Waals surface area (Å²) in [6.45, 7) is 3.61. The first kappa shape index (κ1) is 24.3. The van der Waals surface area contributed by atoms with Crippen molar-refractivity contribution in [2.75, 3.05) is 13.1 Å². The van der Waals surface area contributed by atoms with Crippen molar-refractivity contribution in [2.45, 2.75) is 37.8 Å². The topological polar surface area (TPSA) is 88.8 Å². The molecular formula is C24H24ClFN2O5S. The number of hydrogen-bond acceptors (Lipinski definition) is 4. The van der Waals surface area contributed by atoms with Gasteiger partial charge in [0.1, 0.15) is 23.0 Å². The molecule has 180 valence electrons. The summed E-state index contributed by atoms with van der Waals surface area (Å²) in [5.41, 5.74) is 2.40. The van der Waals surface area contributed by atoms with Gasteiger partial charge < -0.3 is 14.4 Å². The van der Waals surface area contributed by atoms with Crippen LogP contribution in [0.3, 0.4) is 0 Å². The summed E-state index contributed by atoms with van der Waals surface area (Å²) in [6, 6.07) is 9.02. The number of halogens is 2. The molecule has 0 amide bonds. The van der Waals surface area contributed by atoms with E-state index in [1.165, 1.54) is 16.4 Å². The van der Waals surface area contributed by atoms with Crippen molar-refractivity contribution in [1.82, 2.24) is 8.87 Å². The van der Waals surface area contributed by atoms with E-state index in [0.29, 0.717) is 17.0 Å². The van der Waals surface area contributed by atoms with Gasteiger partial charge in [-0.25, -0.2) is 12.8 Å². The molecular weight excluding hydrogens is 483 g/mol. The van der Waals surface area contributed by atoms with Crippen LogP contribution < -0.4 is 4.74 Å². The maximum atomic E-state index is 14.6. The van der Waals surface area contributed by atoms with E-state index in [1.807, 2.05) is 6.07 Å². The van der Waals surface area contributed by atoms with Gasteiger partial charge in [-0.15, -0.1) is 0 Å². The van der Waals surface area contributed by atoms with Crippen molar-refractivity contribution in [3.05, 3.63) is 65.1 Å². The van der Waals surface area contributed by atoms with Crippen LogP contribution in [0.5, 0.6) is 5.75 Å². The number of sulfonamides is 1. The number of fused-ring (bicyclic) bond motifs is 1. The number of aromatic nitrogens is 1. The Morgan fingerprint density at radius 3 is 2.62 bits per heavy atom. The van der Waals surface area contributed by atoms with E-state index in [9.17, 15) is 22.7 Å². The number of benzene rings is 2. The van der Waals surface area contributed by atoms with Crippen LogP contribution in [0.2, 0.25) is 5.02 Å². The fourth-order valence-electron chi connectivity index (χ4n) is 4.09. The molecule has 0 radical (unpaired) electrons. The zero-order chi connectivity index (χ0) is 24.6. The third kappa shape index (κ3) is 4.82. The Morgan fingerprint density at radius 2 is 2.00 bits per heavy atom. The molecule has 0 aliphatic carbocycles. The van der Waals surface area contributed by atoms with E-state index in [0.717, 1.165) is 22.6 Å². The second-order valence-corrected chi connectivity index (χ2v) is 10.7. The molecule has 0 atom stereocenters. The molecule has 1 aliphatic rings. The summed E-state index contributed by atoms with van der Waals surface area (Å²) in [5, 5.41) is 10.6. The average molecular weight is 507 g/mol. The summed E-state index contributed by atoms with van der Waals surface area (Å²) < 4.78 is 49.1. The molecule has 0 bridgehead atoms. The van der Waals surface area contributed by atoms with E-state index in [1.54, 1.807) is 42.8 Å². The van der Waals surface area contributed by atoms with E-state index in [2.05, 4.69) is 0 Å². The molecule has 0 spiro atoms. The smallest absolute Gasteiger partial charge is 0.323 e. The highest BCUT2D eigenvalue weighted by Gasteiger charge is 2.30. The minimum absolute atomic E-state index is 0.0700. The Balaban J connectivity index is 1.62. The Bertz CT molecular complexity index is 1400. The first-order valence-electron chi connectivity index (χ1n) is 10.7. The number of hydrogen-bond donors (Lipinski definition) is 1. The quantitative estimate of drug-likeness (QED) is 0.498. The number of carbonyl (C=O) groups is 1. The van der Waals surface area contributed by atoms with Crippen molar-refractivity contribution in [2.24, 2.45) is 0 Å². The molecule has 1 aliphatic heterocycles. The SMILES string of the molecule is CC(C)Oc1ccc(S(=O)(=O)N2CC=C(c3cn(CC(=O)O)c4cc(Cl)ccc34)CC2)c(F)c1. The predicted octanol–water partition coefficient (Wildman–Crippen LogP) is 4.78.